The predicted molar refractivity (Wildman–Crippen MR) is 141 cm³/mol. The van der Waals surface area contributed by atoms with Crippen LogP contribution in [0.3, 0.4) is 0 Å². The van der Waals surface area contributed by atoms with Crippen LogP contribution in [-0.2, 0) is 16.1 Å². The molecule has 0 radical (unpaired) electrons. The molecule has 1 aromatic rings. The largest absolute Gasteiger partial charge is 0.356 e. The van der Waals surface area contributed by atoms with Gasteiger partial charge >= 0.3 is 0 Å². The predicted octanol–water partition coefficient (Wildman–Crippen LogP) is 4.00. The van der Waals surface area contributed by atoms with E-state index in [0.29, 0.717) is 31.7 Å². The molecular formula is C23H42Br2N4O3. The monoisotopic (exact) mass is 580 g/mol. The van der Waals surface area contributed by atoms with E-state index in [4.69, 9.17) is 5.21 Å². The topological polar surface area (TPSA) is 102 Å². The molecule has 0 spiro atoms. The second-order valence-electron chi connectivity index (χ2n) is 7.98. The van der Waals surface area contributed by atoms with E-state index in [1.807, 2.05) is 0 Å². The first-order valence-corrected chi connectivity index (χ1v) is 11.2. The highest BCUT2D eigenvalue weighted by molar-refractivity contribution is 8.93. The molecule has 2 amide bonds. The number of hydrogen-bond acceptors (Lipinski definition) is 5. The Balaban J connectivity index is 0. The Morgan fingerprint density at radius 2 is 1.34 bits per heavy atom. The summed E-state index contributed by atoms with van der Waals surface area (Å²) in [6.45, 7) is 8.91. The molecule has 186 valence electrons. The van der Waals surface area contributed by atoms with Crippen LogP contribution < -0.4 is 21.4 Å². The first-order chi connectivity index (χ1) is 14.5. The van der Waals surface area contributed by atoms with E-state index in [1.54, 1.807) is 5.48 Å². The Labute approximate surface area is 214 Å². The van der Waals surface area contributed by atoms with Crippen molar-refractivity contribution < 1.29 is 14.8 Å². The molecule has 0 atom stereocenters. The summed E-state index contributed by atoms with van der Waals surface area (Å²) in [5.74, 6) is 0.188. The van der Waals surface area contributed by atoms with Crippen molar-refractivity contribution in [2.45, 2.75) is 71.3 Å². The molecule has 5 N–H and O–H groups in total. The third kappa shape index (κ3) is 17.5. The number of nitrogens with one attached hydrogen (secondary N) is 4. The SMILES string of the molecule is Br.Br.CC(C)c1ccc(CNCCCCNCCCNC(=O)CCCCC(=O)NO)cc1. The lowest BCUT2D eigenvalue weighted by Gasteiger charge is -2.09. The number of amides is 2. The standard InChI is InChI=1S/C23H40N4O3.2BrH/c1-19(2)21-12-10-20(11-13-21)18-25-15-6-5-14-24-16-7-17-26-22(28)8-3-4-9-23(29)27-30;;/h10-13,19,24-25,30H,3-9,14-18H2,1-2H3,(H,26,28)(H,27,29);2*1H. The Morgan fingerprint density at radius 1 is 0.781 bits per heavy atom. The molecular weight excluding hydrogens is 540 g/mol. The fourth-order valence-electron chi connectivity index (χ4n) is 3.03. The first kappa shape index (κ1) is 33.2. The van der Waals surface area contributed by atoms with Crippen LogP contribution in [0.25, 0.3) is 0 Å². The first-order valence-electron chi connectivity index (χ1n) is 11.2. The number of hydroxylamine groups is 1. The summed E-state index contributed by atoms with van der Waals surface area (Å²) in [4.78, 5) is 22.5. The van der Waals surface area contributed by atoms with Gasteiger partial charge in [0.1, 0.15) is 0 Å². The van der Waals surface area contributed by atoms with Crippen molar-refractivity contribution in [1.29, 1.82) is 0 Å². The normalized spacial score (nSPS) is 10.2. The van der Waals surface area contributed by atoms with Gasteiger partial charge in [-0.15, -0.1) is 34.0 Å². The van der Waals surface area contributed by atoms with Gasteiger partial charge in [-0.1, -0.05) is 38.1 Å². The van der Waals surface area contributed by atoms with E-state index >= 15 is 0 Å². The minimum Gasteiger partial charge on any atom is -0.356 e. The van der Waals surface area contributed by atoms with Crippen molar-refractivity contribution >= 4 is 45.8 Å². The molecule has 7 nitrogen and oxygen atoms in total. The average molecular weight is 582 g/mol. The molecule has 0 unspecified atom stereocenters. The van der Waals surface area contributed by atoms with Crippen LogP contribution in [0.5, 0.6) is 0 Å². The Morgan fingerprint density at radius 3 is 1.94 bits per heavy atom. The zero-order chi connectivity index (χ0) is 22.0. The van der Waals surface area contributed by atoms with Gasteiger partial charge in [0.05, 0.1) is 0 Å². The zero-order valence-electron chi connectivity index (χ0n) is 19.5. The van der Waals surface area contributed by atoms with Crippen LogP contribution in [-0.4, -0.2) is 43.2 Å². The summed E-state index contributed by atoms with van der Waals surface area (Å²) in [6, 6.07) is 8.84. The molecule has 0 saturated carbocycles. The molecule has 1 rings (SSSR count). The Hall–Kier alpha value is -1.00. The van der Waals surface area contributed by atoms with Crippen molar-refractivity contribution in [1.82, 2.24) is 21.4 Å². The van der Waals surface area contributed by atoms with Crippen LogP contribution in [0, 0.1) is 0 Å². The fraction of sp³-hybridized carbons (Fsp3) is 0.652. The third-order valence-electron chi connectivity index (χ3n) is 4.97. The second kappa shape index (κ2) is 21.8. The molecule has 32 heavy (non-hydrogen) atoms. The lowest BCUT2D eigenvalue weighted by atomic mass is 10.0. The average Bonchev–Trinajstić information content (AvgIpc) is 2.75. The van der Waals surface area contributed by atoms with Gasteiger partial charge in [-0.05, 0) is 68.8 Å². The highest BCUT2D eigenvalue weighted by Crippen LogP contribution is 2.14. The number of halogens is 2. The van der Waals surface area contributed by atoms with Gasteiger partial charge in [-0.2, -0.15) is 0 Å². The number of carbonyl (C=O) groups excluding carboxylic acids is 2. The van der Waals surface area contributed by atoms with Gasteiger partial charge in [-0.3, -0.25) is 14.8 Å². The van der Waals surface area contributed by atoms with Crippen LogP contribution in [0.4, 0.5) is 0 Å². The molecule has 0 aliphatic heterocycles. The van der Waals surface area contributed by atoms with E-state index in [-0.39, 0.29) is 46.3 Å². The van der Waals surface area contributed by atoms with Crippen molar-refractivity contribution in [3.63, 3.8) is 0 Å². The van der Waals surface area contributed by atoms with Crippen LogP contribution in [0.2, 0.25) is 0 Å². The van der Waals surface area contributed by atoms with Crippen LogP contribution >= 0.6 is 34.0 Å². The van der Waals surface area contributed by atoms with Gasteiger partial charge in [0, 0.05) is 25.9 Å². The fourth-order valence-corrected chi connectivity index (χ4v) is 3.03. The van der Waals surface area contributed by atoms with Gasteiger partial charge in [0.2, 0.25) is 11.8 Å². The molecule has 0 aromatic heterocycles. The van der Waals surface area contributed by atoms with Crippen molar-refractivity contribution in [2.24, 2.45) is 0 Å². The van der Waals surface area contributed by atoms with E-state index in [1.165, 1.54) is 11.1 Å². The zero-order valence-corrected chi connectivity index (χ0v) is 22.9. The van der Waals surface area contributed by atoms with Crippen LogP contribution in [0.15, 0.2) is 24.3 Å². The lowest BCUT2D eigenvalue weighted by Crippen LogP contribution is -2.27. The molecule has 0 bridgehead atoms. The van der Waals surface area contributed by atoms with E-state index in [2.05, 4.69) is 54.1 Å². The van der Waals surface area contributed by atoms with Crippen molar-refractivity contribution in [3.05, 3.63) is 35.4 Å². The maximum atomic E-state index is 11.7. The van der Waals surface area contributed by atoms with E-state index < -0.39 is 5.91 Å². The van der Waals surface area contributed by atoms with Crippen LogP contribution in [0.1, 0.15) is 75.8 Å². The summed E-state index contributed by atoms with van der Waals surface area (Å²) >= 11 is 0. The van der Waals surface area contributed by atoms with E-state index in [9.17, 15) is 9.59 Å². The van der Waals surface area contributed by atoms with Crippen molar-refractivity contribution in [2.75, 3.05) is 26.2 Å². The maximum Gasteiger partial charge on any atom is 0.243 e. The molecule has 9 heteroatoms. The van der Waals surface area contributed by atoms with Crippen molar-refractivity contribution in [3.8, 4) is 0 Å². The van der Waals surface area contributed by atoms with Gasteiger partial charge in [0.15, 0.2) is 0 Å². The number of carbonyl (C=O) groups is 2. The summed E-state index contributed by atoms with van der Waals surface area (Å²) in [6.07, 6.45) is 5.09. The molecule has 0 heterocycles. The molecule has 0 saturated heterocycles. The van der Waals surface area contributed by atoms with E-state index in [0.717, 1.165) is 45.4 Å². The number of hydrogen-bond donors (Lipinski definition) is 5. The second-order valence-corrected chi connectivity index (χ2v) is 7.98. The molecule has 1 aromatic carbocycles. The third-order valence-corrected chi connectivity index (χ3v) is 4.97. The molecule has 0 fully saturated rings. The van der Waals surface area contributed by atoms with Gasteiger partial charge < -0.3 is 16.0 Å². The smallest absolute Gasteiger partial charge is 0.243 e. The summed E-state index contributed by atoms with van der Waals surface area (Å²) in [5.41, 5.74) is 4.30. The quantitative estimate of drug-likeness (QED) is 0.109. The van der Waals surface area contributed by atoms with Gasteiger partial charge in [-0.25, -0.2) is 5.48 Å². The molecule has 0 aliphatic carbocycles. The number of rotatable bonds is 17. The highest BCUT2D eigenvalue weighted by atomic mass is 79.9. The van der Waals surface area contributed by atoms with Gasteiger partial charge in [0.25, 0.3) is 0 Å². The minimum atomic E-state index is -0.409. The minimum absolute atomic E-state index is 0. The summed E-state index contributed by atoms with van der Waals surface area (Å²) < 4.78 is 0. The summed E-state index contributed by atoms with van der Waals surface area (Å²) in [7, 11) is 0. The number of unbranched alkanes of at least 4 members (excludes halogenated alkanes) is 2. The Kier molecular flexibility index (Phi) is 22.6. The summed E-state index contributed by atoms with van der Waals surface area (Å²) in [5, 5.41) is 18.2. The Bertz CT molecular complexity index is 601. The maximum absolute atomic E-state index is 11.7. The highest BCUT2D eigenvalue weighted by Gasteiger charge is 2.03. The number of benzene rings is 1. The molecule has 0 aliphatic rings. The lowest BCUT2D eigenvalue weighted by molar-refractivity contribution is -0.129.